The molecule has 0 aliphatic carbocycles. The molecule has 3 aromatic rings. The average Bonchev–Trinajstić information content (AvgIpc) is 2.50. The number of hydrogen-bond acceptors (Lipinski definition) is 5. The monoisotopic (exact) mass is 359 g/mol. The van der Waals surface area contributed by atoms with Gasteiger partial charge in [-0.2, -0.15) is 10.1 Å². The number of nitrogens with zero attached hydrogens (tertiary/aromatic N) is 3. The topological polar surface area (TPSA) is 62.7 Å². The van der Waals surface area contributed by atoms with Crippen LogP contribution in [0.4, 0.5) is 23.1 Å². The van der Waals surface area contributed by atoms with Crippen LogP contribution in [0, 0.1) is 13.8 Å². The Kier molecular flexibility index (Phi) is 4.83. The Hall–Kier alpha value is -2.37. The minimum Gasteiger partial charge on any atom is -0.339 e. The lowest BCUT2D eigenvalue weighted by molar-refractivity contribution is 0.982. The van der Waals surface area contributed by atoms with Crippen LogP contribution < -0.4 is 10.6 Å². The van der Waals surface area contributed by atoms with Crippen LogP contribution in [0.3, 0.4) is 0 Å². The van der Waals surface area contributed by atoms with Gasteiger partial charge < -0.3 is 10.6 Å². The summed E-state index contributed by atoms with van der Waals surface area (Å²) in [6.07, 6.45) is 1.57. The molecule has 7 heteroatoms. The molecule has 0 aliphatic heterocycles. The lowest BCUT2D eigenvalue weighted by Gasteiger charge is -2.09. The first kappa shape index (κ1) is 16.5. The molecule has 2 aromatic carbocycles. The molecule has 0 bridgehead atoms. The van der Waals surface area contributed by atoms with Gasteiger partial charge in [0, 0.05) is 11.4 Å². The van der Waals surface area contributed by atoms with Crippen molar-refractivity contribution in [3.63, 3.8) is 0 Å². The first-order chi connectivity index (χ1) is 11.5. The number of aryl methyl sites for hydroxylation is 2. The maximum Gasteiger partial charge on any atom is 0.249 e. The minimum absolute atomic E-state index is 0.364. The van der Waals surface area contributed by atoms with Crippen molar-refractivity contribution >= 4 is 46.3 Å². The van der Waals surface area contributed by atoms with Gasteiger partial charge in [0.1, 0.15) is 0 Å². The van der Waals surface area contributed by atoms with Crippen LogP contribution in [-0.2, 0) is 0 Å². The molecule has 0 unspecified atom stereocenters. The van der Waals surface area contributed by atoms with Gasteiger partial charge in [0.2, 0.25) is 5.95 Å². The Morgan fingerprint density at radius 2 is 1.58 bits per heavy atom. The Balaban J connectivity index is 1.79. The predicted molar refractivity (Wildman–Crippen MR) is 98.8 cm³/mol. The van der Waals surface area contributed by atoms with E-state index in [-0.39, 0.29) is 0 Å². The summed E-state index contributed by atoms with van der Waals surface area (Å²) < 4.78 is 0. The maximum absolute atomic E-state index is 6.01. The fraction of sp³-hybridized carbons (Fsp3) is 0.118. The Bertz CT molecular complexity index is 862. The zero-order valence-electron chi connectivity index (χ0n) is 13.1. The first-order valence-corrected chi connectivity index (χ1v) is 8.02. The summed E-state index contributed by atoms with van der Waals surface area (Å²) in [7, 11) is 0. The van der Waals surface area contributed by atoms with Crippen molar-refractivity contribution in [3.05, 3.63) is 63.8 Å². The third-order valence-corrected chi connectivity index (χ3v) is 3.97. The van der Waals surface area contributed by atoms with E-state index < -0.39 is 0 Å². The van der Waals surface area contributed by atoms with E-state index in [2.05, 4.69) is 31.9 Å². The SMILES string of the molecule is Cc1cc(C)cc(Nc2cnnc(Nc3ccc(Cl)c(Cl)c3)n2)c1. The van der Waals surface area contributed by atoms with E-state index in [1.807, 2.05) is 26.0 Å². The molecule has 0 spiro atoms. The van der Waals surface area contributed by atoms with Gasteiger partial charge in [-0.15, -0.1) is 5.10 Å². The van der Waals surface area contributed by atoms with Gasteiger partial charge in [0.25, 0.3) is 0 Å². The molecule has 1 aromatic heterocycles. The minimum atomic E-state index is 0.364. The first-order valence-electron chi connectivity index (χ1n) is 7.27. The van der Waals surface area contributed by atoms with E-state index in [4.69, 9.17) is 23.2 Å². The largest absolute Gasteiger partial charge is 0.339 e. The van der Waals surface area contributed by atoms with Crippen LogP contribution in [0.15, 0.2) is 42.6 Å². The van der Waals surface area contributed by atoms with E-state index in [9.17, 15) is 0 Å². The summed E-state index contributed by atoms with van der Waals surface area (Å²) in [6.45, 7) is 4.10. The molecular formula is C17H15Cl2N5. The Morgan fingerprint density at radius 1 is 0.833 bits per heavy atom. The second kappa shape index (κ2) is 7.03. The maximum atomic E-state index is 6.01. The fourth-order valence-corrected chi connectivity index (χ4v) is 2.61. The van der Waals surface area contributed by atoms with Gasteiger partial charge in [0.05, 0.1) is 16.2 Å². The summed E-state index contributed by atoms with van der Waals surface area (Å²) in [5.74, 6) is 0.959. The van der Waals surface area contributed by atoms with Gasteiger partial charge in [-0.25, -0.2) is 0 Å². The number of anilines is 4. The average molecular weight is 360 g/mol. The van der Waals surface area contributed by atoms with Crippen LogP contribution in [0.2, 0.25) is 10.0 Å². The zero-order chi connectivity index (χ0) is 17.1. The zero-order valence-corrected chi connectivity index (χ0v) is 14.7. The summed E-state index contributed by atoms with van der Waals surface area (Å²) >= 11 is 11.9. The highest BCUT2D eigenvalue weighted by Crippen LogP contribution is 2.26. The normalized spacial score (nSPS) is 10.5. The summed E-state index contributed by atoms with van der Waals surface area (Å²) in [5.41, 5.74) is 4.03. The number of benzene rings is 2. The van der Waals surface area contributed by atoms with Crippen LogP contribution in [0.5, 0.6) is 0 Å². The Labute approximate surface area is 150 Å². The highest BCUT2D eigenvalue weighted by atomic mass is 35.5. The molecule has 24 heavy (non-hydrogen) atoms. The quantitative estimate of drug-likeness (QED) is 0.663. The van der Waals surface area contributed by atoms with Crippen LogP contribution in [-0.4, -0.2) is 15.2 Å². The van der Waals surface area contributed by atoms with Crippen LogP contribution in [0.1, 0.15) is 11.1 Å². The molecule has 0 fully saturated rings. The third kappa shape index (κ3) is 4.13. The van der Waals surface area contributed by atoms with Crippen LogP contribution in [0.25, 0.3) is 0 Å². The second-order valence-corrected chi connectivity index (χ2v) is 6.23. The molecule has 5 nitrogen and oxygen atoms in total. The van der Waals surface area contributed by atoms with Crippen molar-refractivity contribution in [2.45, 2.75) is 13.8 Å². The van der Waals surface area contributed by atoms with E-state index in [0.29, 0.717) is 21.8 Å². The number of rotatable bonds is 4. The third-order valence-electron chi connectivity index (χ3n) is 3.23. The van der Waals surface area contributed by atoms with Crippen molar-refractivity contribution in [2.24, 2.45) is 0 Å². The summed E-state index contributed by atoms with van der Waals surface area (Å²) in [6, 6.07) is 11.4. The van der Waals surface area contributed by atoms with Crippen molar-refractivity contribution in [2.75, 3.05) is 10.6 Å². The lowest BCUT2D eigenvalue weighted by Crippen LogP contribution is -2.02. The summed E-state index contributed by atoms with van der Waals surface area (Å²) in [5, 5.41) is 15.2. The molecule has 122 valence electrons. The van der Waals surface area contributed by atoms with Gasteiger partial charge >= 0.3 is 0 Å². The second-order valence-electron chi connectivity index (χ2n) is 5.42. The van der Waals surface area contributed by atoms with Crippen molar-refractivity contribution < 1.29 is 0 Å². The van der Waals surface area contributed by atoms with Crippen molar-refractivity contribution in [1.82, 2.24) is 15.2 Å². The van der Waals surface area contributed by atoms with Crippen molar-refractivity contribution in [1.29, 1.82) is 0 Å². The van der Waals surface area contributed by atoms with Gasteiger partial charge in [-0.3, -0.25) is 0 Å². The van der Waals surface area contributed by atoms with E-state index in [1.54, 1.807) is 24.4 Å². The predicted octanol–water partition coefficient (Wildman–Crippen LogP) is 5.28. The number of halogens is 2. The molecule has 1 heterocycles. The lowest BCUT2D eigenvalue weighted by atomic mass is 10.1. The Morgan fingerprint density at radius 3 is 2.29 bits per heavy atom. The number of aromatic nitrogens is 3. The molecule has 0 saturated heterocycles. The van der Waals surface area contributed by atoms with E-state index in [1.165, 1.54) is 11.1 Å². The smallest absolute Gasteiger partial charge is 0.249 e. The summed E-state index contributed by atoms with van der Waals surface area (Å²) in [4.78, 5) is 4.40. The molecule has 0 aliphatic rings. The van der Waals surface area contributed by atoms with Gasteiger partial charge in [-0.05, 0) is 55.3 Å². The molecule has 0 saturated carbocycles. The fourth-order valence-electron chi connectivity index (χ4n) is 2.31. The van der Waals surface area contributed by atoms with Gasteiger partial charge in [0.15, 0.2) is 5.82 Å². The van der Waals surface area contributed by atoms with E-state index >= 15 is 0 Å². The van der Waals surface area contributed by atoms with Gasteiger partial charge in [-0.1, -0.05) is 29.3 Å². The molecule has 0 atom stereocenters. The molecule has 0 amide bonds. The molecule has 3 rings (SSSR count). The standard InChI is InChI=1S/C17H15Cl2N5/c1-10-5-11(2)7-13(6-10)21-16-9-20-24-17(23-16)22-12-3-4-14(18)15(19)8-12/h3-9H,1-2H3,(H2,21,22,23,24). The highest BCUT2D eigenvalue weighted by Gasteiger charge is 2.05. The van der Waals surface area contributed by atoms with Crippen LogP contribution >= 0.6 is 23.2 Å². The molecule has 0 radical (unpaired) electrons. The molecule has 2 N–H and O–H groups in total. The van der Waals surface area contributed by atoms with Crippen molar-refractivity contribution in [3.8, 4) is 0 Å². The molecular weight excluding hydrogens is 345 g/mol. The number of hydrogen-bond donors (Lipinski definition) is 2. The number of nitrogens with one attached hydrogen (secondary N) is 2. The van der Waals surface area contributed by atoms with E-state index in [0.717, 1.165) is 11.4 Å². The highest BCUT2D eigenvalue weighted by molar-refractivity contribution is 6.42.